The summed E-state index contributed by atoms with van der Waals surface area (Å²) in [6, 6.07) is 7.98. The highest BCUT2D eigenvalue weighted by Gasteiger charge is 2.25. The number of rotatable bonds is 5. The van der Waals surface area contributed by atoms with E-state index in [2.05, 4.69) is 15.4 Å². The Morgan fingerprint density at radius 2 is 2.00 bits per heavy atom. The van der Waals surface area contributed by atoms with Crippen molar-refractivity contribution in [2.75, 3.05) is 5.32 Å². The molecule has 0 unspecified atom stereocenters. The lowest BCUT2D eigenvalue weighted by Crippen LogP contribution is -2.28. The number of carbonyl (C=O) groups is 1. The second-order valence-corrected chi connectivity index (χ2v) is 5.90. The van der Waals surface area contributed by atoms with Gasteiger partial charge in [-0.3, -0.25) is 4.79 Å². The van der Waals surface area contributed by atoms with Crippen LogP contribution in [0, 0.1) is 5.92 Å². The van der Waals surface area contributed by atoms with Gasteiger partial charge in [-0.05, 0) is 36.5 Å². The largest absolute Gasteiger partial charge is 0.327 e. The predicted octanol–water partition coefficient (Wildman–Crippen LogP) is 2.63. The molecular weight excluding hydrogens is 349 g/mol. The van der Waals surface area contributed by atoms with Crippen molar-refractivity contribution in [1.82, 2.24) is 14.8 Å². The van der Waals surface area contributed by atoms with Gasteiger partial charge in [0, 0.05) is 18.2 Å². The fourth-order valence-electron chi connectivity index (χ4n) is 2.96. The second kappa shape index (κ2) is 9.61. The van der Waals surface area contributed by atoms with Crippen molar-refractivity contribution < 1.29 is 4.79 Å². The number of hydrogen-bond donors (Lipinski definition) is 2. The molecule has 1 aliphatic rings. The number of hydrogen-bond acceptors (Lipinski definition) is 4. The Kier molecular flexibility index (Phi) is 8.18. The van der Waals surface area contributed by atoms with E-state index in [1.807, 2.05) is 24.3 Å². The van der Waals surface area contributed by atoms with Gasteiger partial charge in [-0.2, -0.15) is 5.10 Å². The van der Waals surface area contributed by atoms with E-state index in [-0.39, 0.29) is 36.8 Å². The maximum Gasteiger partial charge on any atom is 0.224 e. The Morgan fingerprint density at radius 1 is 1.25 bits per heavy atom. The third-order valence-corrected chi connectivity index (χ3v) is 4.21. The van der Waals surface area contributed by atoms with Gasteiger partial charge in [0.15, 0.2) is 0 Å². The van der Waals surface area contributed by atoms with Crippen molar-refractivity contribution in [2.24, 2.45) is 11.7 Å². The molecule has 0 aliphatic heterocycles. The van der Waals surface area contributed by atoms with Gasteiger partial charge >= 0.3 is 0 Å². The number of nitrogens with zero attached hydrogens (tertiary/aromatic N) is 3. The summed E-state index contributed by atoms with van der Waals surface area (Å²) in [4.78, 5) is 16.0. The number of carbonyl (C=O) groups excluding carboxylic acids is 1. The first kappa shape index (κ1) is 20.4. The maximum atomic E-state index is 12.1. The third-order valence-electron chi connectivity index (χ3n) is 4.21. The molecule has 1 amide bonds. The van der Waals surface area contributed by atoms with Crippen LogP contribution in [-0.2, 0) is 11.3 Å². The highest BCUT2D eigenvalue weighted by atomic mass is 35.5. The summed E-state index contributed by atoms with van der Waals surface area (Å²) < 4.78 is 1.76. The normalized spacial score (nSPS) is 19.2. The van der Waals surface area contributed by atoms with Gasteiger partial charge in [-0.15, -0.1) is 24.8 Å². The Morgan fingerprint density at radius 3 is 2.58 bits per heavy atom. The average molecular weight is 372 g/mol. The van der Waals surface area contributed by atoms with E-state index in [1.165, 1.54) is 6.33 Å². The number of benzene rings is 1. The topological polar surface area (TPSA) is 85.8 Å². The van der Waals surface area contributed by atoms with Crippen molar-refractivity contribution in [3.8, 4) is 0 Å². The molecule has 0 radical (unpaired) electrons. The summed E-state index contributed by atoms with van der Waals surface area (Å²) >= 11 is 0. The minimum Gasteiger partial charge on any atom is -0.327 e. The van der Waals surface area contributed by atoms with Crippen LogP contribution in [0.2, 0.25) is 0 Å². The summed E-state index contributed by atoms with van der Waals surface area (Å²) in [5.74, 6) is 0.373. The van der Waals surface area contributed by atoms with E-state index in [4.69, 9.17) is 5.73 Å². The van der Waals surface area contributed by atoms with Gasteiger partial charge in [-0.1, -0.05) is 18.6 Å². The molecule has 2 aromatic rings. The summed E-state index contributed by atoms with van der Waals surface area (Å²) in [6.07, 6.45) is 6.95. The molecule has 1 aromatic heterocycles. The highest BCUT2D eigenvalue weighted by molar-refractivity contribution is 5.90. The molecule has 1 heterocycles. The van der Waals surface area contributed by atoms with E-state index < -0.39 is 0 Å². The van der Waals surface area contributed by atoms with Crippen LogP contribution < -0.4 is 11.1 Å². The lowest BCUT2D eigenvalue weighted by atomic mass is 10.00. The molecule has 6 nitrogen and oxygen atoms in total. The number of amides is 1. The Balaban J connectivity index is 0.00000144. The molecule has 1 fully saturated rings. The molecule has 2 atom stereocenters. The van der Waals surface area contributed by atoms with E-state index >= 15 is 0 Å². The Hall–Kier alpha value is -1.63. The summed E-state index contributed by atoms with van der Waals surface area (Å²) in [7, 11) is 0. The van der Waals surface area contributed by atoms with E-state index in [9.17, 15) is 4.79 Å². The molecule has 24 heavy (non-hydrogen) atoms. The minimum atomic E-state index is 0. The number of aromatic nitrogens is 3. The number of nitrogens with two attached hydrogens (primary N) is 1. The molecule has 0 bridgehead atoms. The van der Waals surface area contributed by atoms with Crippen molar-refractivity contribution in [1.29, 1.82) is 0 Å². The molecule has 1 saturated carbocycles. The van der Waals surface area contributed by atoms with Crippen LogP contribution in [0.25, 0.3) is 0 Å². The zero-order valence-electron chi connectivity index (χ0n) is 13.3. The van der Waals surface area contributed by atoms with Crippen LogP contribution in [0.1, 0.15) is 31.2 Å². The molecular formula is C16H23Cl2N5O. The van der Waals surface area contributed by atoms with Gasteiger partial charge in [-0.25, -0.2) is 9.67 Å². The summed E-state index contributed by atoms with van der Waals surface area (Å²) in [5.41, 5.74) is 7.94. The van der Waals surface area contributed by atoms with Crippen LogP contribution in [-0.4, -0.2) is 26.7 Å². The molecule has 1 aliphatic carbocycles. The van der Waals surface area contributed by atoms with Crippen LogP contribution in [0.4, 0.5) is 5.69 Å². The quantitative estimate of drug-likeness (QED) is 0.845. The second-order valence-electron chi connectivity index (χ2n) is 5.90. The Labute approximate surface area is 154 Å². The number of anilines is 1. The van der Waals surface area contributed by atoms with Gasteiger partial charge in [0.05, 0.1) is 6.54 Å². The van der Waals surface area contributed by atoms with Crippen LogP contribution in [0.3, 0.4) is 0 Å². The zero-order chi connectivity index (χ0) is 15.4. The number of halogens is 2. The lowest BCUT2D eigenvalue weighted by molar-refractivity contribution is -0.117. The SMILES string of the molecule is Cl.Cl.N[C@@H]1CCC[C@H]1CC(=O)Nc1ccc(Cn2cncn2)cc1. The summed E-state index contributed by atoms with van der Waals surface area (Å²) in [5, 5.41) is 7.02. The van der Waals surface area contributed by atoms with E-state index in [1.54, 1.807) is 11.0 Å². The smallest absolute Gasteiger partial charge is 0.224 e. The van der Waals surface area contributed by atoms with Crippen LogP contribution >= 0.6 is 24.8 Å². The van der Waals surface area contributed by atoms with Gasteiger partial charge in [0.25, 0.3) is 0 Å². The van der Waals surface area contributed by atoms with E-state index in [0.717, 1.165) is 30.5 Å². The first-order chi connectivity index (χ1) is 10.7. The lowest BCUT2D eigenvalue weighted by Gasteiger charge is -2.14. The van der Waals surface area contributed by atoms with Gasteiger partial charge in [0.1, 0.15) is 12.7 Å². The maximum absolute atomic E-state index is 12.1. The Bertz CT molecular complexity index is 618. The third kappa shape index (κ3) is 5.47. The first-order valence-corrected chi connectivity index (χ1v) is 7.67. The highest BCUT2D eigenvalue weighted by Crippen LogP contribution is 2.27. The van der Waals surface area contributed by atoms with Crippen LogP contribution in [0.5, 0.6) is 0 Å². The van der Waals surface area contributed by atoms with Crippen molar-refractivity contribution in [2.45, 2.75) is 38.3 Å². The molecule has 8 heteroatoms. The zero-order valence-corrected chi connectivity index (χ0v) is 14.9. The molecule has 132 valence electrons. The fourth-order valence-corrected chi connectivity index (χ4v) is 2.96. The fraction of sp³-hybridized carbons (Fsp3) is 0.438. The van der Waals surface area contributed by atoms with Crippen LogP contribution in [0.15, 0.2) is 36.9 Å². The van der Waals surface area contributed by atoms with Crippen molar-refractivity contribution in [3.63, 3.8) is 0 Å². The minimum absolute atomic E-state index is 0. The monoisotopic (exact) mass is 371 g/mol. The predicted molar refractivity (Wildman–Crippen MR) is 98.6 cm³/mol. The molecule has 3 rings (SSSR count). The standard InChI is InChI=1S/C16H21N5O.2ClH/c17-15-3-1-2-13(15)8-16(22)20-14-6-4-12(5-7-14)9-21-11-18-10-19-21;;/h4-7,10-11,13,15H,1-3,8-9,17H2,(H,20,22);2*1H/t13-,15+;;/m0../s1. The summed E-state index contributed by atoms with van der Waals surface area (Å²) in [6.45, 7) is 0.672. The van der Waals surface area contributed by atoms with E-state index in [0.29, 0.717) is 18.9 Å². The molecule has 3 N–H and O–H groups in total. The van der Waals surface area contributed by atoms with Crippen molar-refractivity contribution >= 4 is 36.4 Å². The molecule has 0 saturated heterocycles. The van der Waals surface area contributed by atoms with Crippen molar-refractivity contribution in [3.05, 3.63) is 42.5 Å². The first-order valence-electron chi connectivity index (χ1n) is 7.67. The molecule has 1 aromatic carbocycles. The van der Waals surface area contributed by atoms with Gasteiger partial charge in [0.2, 0.25) is 5.91 Å². The van der Waals surface area contributed by atoms with Gasteiger partial charge < -0.3 is 11.1 Å². The average Bonchev–Trinajstić information content (AvgIpc) is 3.14. The molecule has 0 spiro atoms. The number of nitrogens with one attached hydrogen (secondary N) is 1.